The van der Waals surface area contributed by atoms with Crippen molar-refractivity contribution in [2.24, 2.45) is 0 Å². The molecule has 0 saturated carbocycles. The van der Waals surface area contributed by atoms with Gasteiger partial charge >= 0.3 is 36.2 Å². The Balaban J connectivity index is 0.0000121. The van der Waals surface area contributed by atoms with Gasteiger partial charge in [-0.05, 0) is 107 Å². The summed E-state index contributed by atoms with van der Waals surface area (Å²) in [5.41, 5.74) is 1.01. The second-order valence-electron chi connectivity index (χ2n) is 29.5. The fourth-order valence-electron chi connectivity index (χ4n) is 12.9. The first-order valence-electron chi connectivity index (χ1n) is 40.5. The summed E-state index contributed by atoms with van der Waals surface area (Å²) in [4.78, 5) is 142. The number of pyridine rings is 2. The molecule has 4 saturated heterocycles. The zero-order valence-corrected chi connectivity index (χ0v) is 72.9. The van der Waals surface area contributed by atoms with Crippen LogP contribution in [0.4, 0.5) is 19.2 Å². The van der Waals surface area contributed by atoms with Gasteiger partial charge in [-0.1, -0.05) is 39.1 Å². The Morgan fingerprint density at radius 1 is 0.424 bits per heavy atom. The number of nitrogens with zero attached hydrogens (tertiary/aromatic N) is 8. The third-order valence-corrected chi connectivity index (χ3v) is 26.3. The minimum Gasteiger partial charge on any atom is -0.480 e. The van der Waals surface area contributed by atoms with E-state index in [9.17, 15) is 75.0 Å². The number of carbonyl (C=O) groups is 10. The number of thioether (sulfide) groups is 2. The average molecular weight is 1840 g/mol. The van der Waals surface area contributed by atoms with Crippen molar-refractivity contribution in [2.45, 2.75) is 131 Å². The van der Waals surface area contributed by atoms with Gasteiger partial charge in [0.2, 0.25) is 43.7 Å². The van der Waals surface area contributed by atoms with E-state index in [4.69, 9.17) is 47.4 Å². The highest BCUT2D eigenvalue weighted by atomic mass is 32.2. The summed E-state index contributed by atoms with van der Waals surface area (Å²) < 4.78 is 110. The number of carbonyl (C=O) groups excluding carboxylic acids is 8. The summed E-state index contributed by atoms with van der Waals surface area (Å²) in [6.07, 6.45) is 6.04. The molecule has 0 bridgehead atoms. The van der Waals surface area contributed by atoms with E-state index in [0.717, 1.165) is 8.61 Å². The zero-order chi connectivity index (χ0) is 88.6. The first-order valence-corrected chi connectivity index (χ1v) is 45.4. The number of rotatable bonds is 52. The largest absolute Gasteiger partial charge is 0.480 e. The summed E-state index contributed by atoms with van der Waals surface area (Å²) in [7, 11) is -8.26. The van der Waals surface area contributed by atoms with E-state index in [1.54, 1.807) is 61.8 Å². The highest BCUT2D eigenvalue weighted by Crippen LogP contribution is 2.44. The second kappa shape index (κ2) is 54.1. The summed E-state index contributed by atoms with van der Waals surface area (Å²) in [6, 6.07) is 12.1. The van der Waals surface area contributed by atoms with Gasteiger partial charge < -0.3 is 109 Å². The van der Waals surface area contributed by atoms with Gasteiger partial charge in [-0.2, -0.15) is 8.61 Å². The number of urea groups is 2. The third-order valence-electron chi connectivity index (χ3n) is 19.6. The third kappa shape index (κ3) is 34.8. The van der Waals surface area contributed by atoms with E-state index < -0.39 is 89.6 Å². The number of hydrogen-bond donors (Lipinski definition) is 8. The molecule has 696 valence electrons. The van der Waals surface area contributed by atoms with Crippen LogP contribution in [-0.4, -0.2) is 355 Å². The maximum absolute atomic E-state index is 13.7. The van der Waals surface area contributed by atoms with Crippen molar-refractivity contribution in [3.63, 3.8) is 0 Å². The van der Waals surface area contributed by atoms with Crippen molar-refractivity contribution < 1.29 is 122 Å². The fraction of sp³-hybridized carbons (Fsp3) is 0.605. The van der Waals surface area contributed by atoms with Crippen LogP contribution >= 0.6 is 23.5 Å². The number of ether oxygens (including phenoxy) is 10. The second-order valence-corrected chi connectivity index (χ2v) is 36.5. The molecule has 8 N–H and O–H groups in total. The molecular formula is C81H122N14O26S4. The van der Waals surface area contributed by atoms with Crippen LogP contribution in [0.3, 0.4) is 0 Å². The lowest BCUT2D eigenvalue weighted by Crippen LogP contribution is -2.56. The molecule has 6 heterocycles. The van der Waals surface area contributed by atoms with Crippen LogP contribution in [0.2, 0.25) is 0 Å². The average Bonchev–Trinajstić information content (AvgIpc) is 1.62. The number of amides is 10. The molecular weight excluding hydrogens is 1710 g/mol. The standard InChI is InChI=1S/C79H114N14O26S4.2CH4/c1-78(2)68(92(56-120-78)122(106,107)62-10-5-22-80-54-62)70(96)86-64(72(98)99)52-58-12-16-60(17-13-58)118-76(104)90-32-28-88(29-33-90)74(102)84-26-42-116-50-48-114-40-20-66(94)82-24-7-36-110-44-46-112-38-9-39-113-47-45-111-37-8-25-83-67(95)21-41-115-49-51-117-43-27-85-75(103)89-30-34-91(35-31-89)77(105)119-61-18-14-59(15-19-61)53-65(73(100)101)87-71(97)69-79(3,4)121-57-93(69)123(108,109)63-11-6-23-81-55-63;;/h5-6,10-19,22-23,54-55,64-65,68-69H,7-9,20-21,24-53,56-57H2,1-4H3,(H,82,94)(H,83,95)(H,84,102)(H,85,103)(H,86,96)(H,87,97)(H,98,99)(H,100,101);2*1H4/t64-,65-,68+,69+;;/m0../s1. The molecule has 4 aliphatic heterocycles. The molecule has 0 aliphatic carbocycles. The van der Waals surface area contributed by atoms with Crippen molar-refractivity contribution in [2.75, 3.05) is 196 Å². The predicted molar refractivity (Wildman–Crippen MR) is 461 cm³/mol. The minimum atomic E-state index is -4.13. The molecule has 10 amide bonds. The van der Waals surface area contributed by atoms with Crippen LogP contribution in [-0.2, 0) is 99.6 Å². The molecule has 4 atom stereocenters. The Hall–Kier alpha value is -9.16. The molecule has 125 heavy (non-hydrogen) atoms. The van der Waals surface area contributed by atoms with Crippen LogP contribution < -0.4 is 41.4 Å². The van der Waals surface area contributed by atoms with E-state index in [1.165, 1.54) is 107 Å². The van der Waals surface area contributed by atoms with Gasteiger partial charge in [0.05, 0.1) is 91.0 Å². The zero-order valence-electron chi connectivity index (χ0n) is 69.6. The Kier molecular flexibility index (Phi) is 45.3. The molecule has 44 heteroatoms. The molecule has 40 nitrogen and oxygen atoms in total. The van der Waals surface area contributed by atoms with Gasteiger partial charge in [0.1, 0.15) is 45.5 Å². The number of aliphatic carboxylic acids is 2. The van der Waals surface area contributed by atoms with Crippen LogP contribution in [0.25, 0.3) is 0 Å². The Morgan fingerprint density at radius 3 is 1.07 bits per heavy atom. The van der Waals surface area contributed by atoms with Crippen molar-refractivity contribution in [3.8, 4) is 11.5 Å². The minimum absolute atomic E-state index is 0. The highest BCUT2D eigenvalue weighted by molar-refractivity contribution is 8.02. The van der Waals surface area contributed by atoms with Gasteiger partial charge in [-0.15, -0.1) is 23.5 Å². The Bertz CT molecular complexity index is 3990. The summed E-state index contributed by atoms with van der Waals surface area (Å²) in [6.45, 7) is 15.8. The SMILES string of the molecule is C.C.CC1(C)SCN(S(=O)(=O)c2cccnc2)[C@@H]1C(=O)N[C@@H](Cc1ccc(OC(=O)N2CCN(C(=O)NCCOCCOCCC(=O)NCCCOCCOCCCOCCOCCCNC(=O)CCOCCOCCNC(=O)N3CCN(C(=O)Oc4ccc(C[C@H](NC(=O)[C@H]5N(S(=O)(=O)c6cccnc6)CSC5(C)C)C(=O)O)cc4)CC3)CC2)cc1)C(=O)O. The number of carboxylic acids is 2. The van der Waals surface area contributed by atoms with Crippen LogP contribution in [0.1, 0.15) is 85.8 Å². The summed E-state index contributed by atoms with van der Waals surface area (Å²) in [5, 5.41) is 36.5. The topological polar surface area (TPSA) is 489 Å². The van der Waals surface area contributed by atoms with E-state index in [1.807, 2.05) is 0 Å². The number of carboxylic acid groups (broad SMARTS) is 2. The van der Waals surface area contributed by atoms with Gasteiger partial charge in [0.15, 0.2) is 0 Å². The van der Waals surface area contributed by atoms with E-state index >= 15 is 0 Å². The monoisotopic (exact) mass is 1830 g/mol. The number of piperazine rings is 2. The smallest absolute Gasteiger partial charge is 0.415 e. The number of benzene rings is 2. The number of aromatic nitrogens is 2. The van der Waals surface area contributed by atoms with Crippen molar-refractivity contribution in [1.29, 1.82) is 0 Å². The number of nitrogens with one attached hydrogen (secondary N) is 6. The molecule has 0 radical (unpaired) electrons. The van der Waals surface area contributed by atoms with Gasteiger partial charge in [0, 0.05) is 165 Å². The summed E-state index contributed by atoms with van der Waals surface area (Å²) >= 11 is 2.51. The van der Waals surface area contributed by atoms with E-state index in [0.29, 0.717) is 96.3 Å². The van der Waals surface area contributed by atoms with Crippen LogP contribution in [0.15, 0.2) is 107 Å². The fourth-order valence-corrected chi connectivity index (χ4v) is 19.1. The molecule has 2 aromatic heterocycles. The van der Waals surface area contributed by atoms with E-state index in [-0.39, 0.29) is 216 Å². The number of hydrogen-bond acceptors (Lipinski definition) is 28. The molecule has 4 fully saturated rings. The van der Waals surface area contributed by atoms with Crippen LogP contribution in [0, 0.1) is 0 Å². The quantitative estimate of drug-likeness (QED) is 0.0292. The first-order chi connectivity index (χ1) is 59.0. The highest BCUT2D eigenvalue weighted by Gasteiger charge is 2.53. The van der Waals surface area contributed by atoms with Crippen LogP contribution in [0.5, 0.6) is 11.5 Å². The van der Waals surface area contributed by atoms with E-state index in [2.05, 4.69) is 41.9 Å². The lowest BCUT2D eigenvalue weighted by molar-refractivity contribution is -0.142. The molecule has 8 rings (SSSR count). The predicted octanol–water partition coefficient (Wildman–Crippen LogP) is 3.73. The maximum atomic E-state index is 13.7. The molecule has 2 aromatic carbocycles. The molecule has 0 unspecified atom stereocenters. The first kappa shape index (κ1) is 105. The lowest BCUT2D eigenvalue weighted by Gasteiger charge is -2.34. The Labute approximate surface area is 739 Å². The molecule has 4 aromatic rings. The normalized spacial score (nSPS) is 16.9. The van der Waals surface area contributed by atoms with Gasteiger partial charge in [-0.25, -0.2) is 45.6 Å². The van der Waals surface area contributed by atoms with Gasteiger partial charge in [0.25, 0.3) is 0 Å². The lowest BCUT2D eigenvalue weighted by atomic mass is 10.0. The molecule has 4 aliphatic rings. The van der Waals surface area contributed by atoms with Crippen molar-refractivity contribution >= 4 is 103 Å². The maximum Gasteiger partial charge on any atom is 0.415 e. The Morgan fingerprint density at radius 2 is 0.744 bits per heavy atom. The number of sulfonamides is 2. The van der Waals surface area contributed by atoms with Crippen molar-refractivity contribution in [3.05, 3.63) is 109 Å². The van der Waals surface area contributed by atoms with Crippen molar-refractivity contribution in [1.82, 2.24) is 70.1 Å². The summed E-state index contributed by atoms with van der Waals surface area (Å²) in [5.74, 6) is -4.10. The van der Waals surface area contributed by atoms with Gasteiger partial charge in [-0.3, -0.25) is 29.1 Å². The molecule has 0 spiro atoms.